The molecule has 2 aromatic rings. The molecule has 1 saturated heterocycles. The van der Waals surface area contributed by atoms with E-state index >= 15 is 0 Å². The Labute approximate surface area is 157 Å². The predicted octanol–water partition coefficient (Wildman–Crippen LogP) is 2.74. The lowest BCUT2D eigenvalue weighted by atomic mass is 10.1. The highest BCUT2D eigenvalue weighted by atomic mass is 32.1. The van der Waals surface area contributed by atoms with Crippen molar-refractivity contribution in [2.24, 2.45) is 0 Å². The van der Waals surface area contributed by atoms with E-state index in [-0.39, 0.29) is 50.0 Å². The Morgan fingerprint density at radius 2 is 1.96 bits per heavy atom. The van der Waals surface area contributed by atoms with Crippen molar-refractivity contribution < 1.29 is 22.8 Å². The standard InChI is InChI=1S/C17H17F3N4O2S/c1-11-15(27-22-21-11)16(26)23-7-6-14(25)24(9-8-23)10-12-4-2-3-5-13(12)17(18,19)20/h2-5H,6-10H2,1H3. The highest BCUT2D eigenvalue weighted by Gasteiger charge is 2.34. The number of benzene rings is 1. The molecule has 1 fully saturated rings. The van der Waals surface area contributed by atoms with E-state index in [2.05, 4.69) is 9.59 Å². The molecule has 1 aromatic heterocycles. The number of amides is 2. The highest BCUT2D eigenvalue weighted by Crippen LogP contribution is 2.32. The third-order valence-corrected chi connectivity index (χ3v) is 5.22. The second-order valence-electron chi connectivity index (χ2n) is 6.20. The van der Waals surface area contributed by atoms with Gasteiger partial charge in [0, 0.05) is 32.6 Å². The number of hydrogen-bond acceptors (Lipinski definition) is 5. The van der Waals surface area contributed by atoms with Crippen molar-refractivity contribution in [3.05, 3.63) is 46.0 Å². The first-order valence-corrected chi connectivity index (χ1v) is 9.06. The molecule has 1 aromatic carbocycles. The van der Waals surface area contributed by atoms with Crippen LogP contribution in [0.25, 0.3) is 0 Å². The van der Waals surface area contributed by atoms with Crippen molar-refractivity contribution >= 4 is 23.3 Å². The minimum atomic E-state index is -4.48. The van der Waals surface area contributed by atoms with Crippen LogP contribution < -0.4 is 0 Å². The van der Waals surface area contributed by atoms with Gasteiger partial charge in [-0.25, -0.2) is 0 Å². The topological polar surface area (TPSA) is 66.4 Å². The van der Waals surface area contributed by atoms with Gasteiger partial charge in [-0.1, -0.05) is 22.7 Å². The van der Waals surface area contributed by atoms with E-state index in [9.17, 15) is 22.8 Å². The van der Waals surface area contributed by atoms with E-state index < -0.39 is 11.7 Å². The number of alkyl halides is 3. The summed E-state index contributed by atoms with van der Waals surface area (Å²) in [6.07, 6.45) is -4.42. The van der Waals surface area contributed by atoms with Gasteiger partial charge in [-0.05, 0) is 30.1 Å². The number of aromatic nitrogens is 2. The van der Waals surface area contributed by atoms with Gasteiger partial charge >= 0.3 is 6.18 Å². The normalized spacial score (nSPS) is 15.8. The van der Waals surface area contributed by atoms with Crippen molar-refractivity contribution in [1.29, 1.82) is 0 Å². The summed E-state index contributed by atoms with van der Waals surface area (Å²) in [5.41, 5.74) is -0.182. The lowest BCUT2D eigenvalue weighted by Crippen LogP contribution is -2.35. The van der Waals surface area contributed by atoms with Gasteiger partial charge in [0.25, 0.3) is 5.91 Å². The van der Waals surface area contributed by atoms with E-state index in [4.69, 9.17) is 0 Å². The molecular weight excluding hydrogens is 381 g/mol. The molecule has 0 spiro atoms. The van der Waals surface area contributed by atoms with Crippen LogP contribution in [0.15, 0.2) is 24.3 Å². The summed E-state index contributed by atoms with van der Waals surface area (Å²) >= 11 is 0.991. The average Bonchev–Trinajstić information content (AvgIpc) is 2.96. The molecule has 3 rings (SSSR count). The van der Waals surface area contributed by atoms with E-state index in [0.717, 1.165) is 17.6 Å². The molecule has 0 unspecified atom stereocenters. The summed E-state index contributed by atoms with van der Waals surface area (Å²) in [6, 6.07) is 5.22. The van der Waals surface area contributed by atoms with Crippen LogP contribution in [0.4, 0.5) is 13.2 Å². The molecular formula is C17H17F3N4O2S. The fourth-order valence-corrected chi connectivity index (χ4v) is 3.57. The summed E-state index contributed by atoms with van der Waals surface area (Å²) in [4.78, 5) is 28.3. The van der Waals surface area contributed by atoms with E-state index in [0.29, 0.717) is 10.6 Å². The minimum absolute atomic E-state index is 0.0422. The molecule has 1 aliphatic heterocycles. The summed E-state index contributed by atoms with van der Waals surface area (Å²) in [5.74, 6) is -0.533. The predicted molar refractivity (Wildman–Crippen MR) is 92.0 cm³/mol. The molecule has 0 N–H and O–H groups in total. The first-order valence-electron chi connectivity index (χ1n) is 8.28. The van der Waals surface area contributed by atoms with Crippen molar-refractivity contribution in [2.45, 2.75) is 26.1 Å². The van der Waals surface area contributed by atoms with Gasteiger partial charge in [0.2, 0.25) is 5.91 Å². The van der Waals surface area contributed by atoms with E-state index in [1.54, 1.807) is 6.92 Å². The monoisotopic (exact) mass is 398 g/mol. The third-order valence-electron chi connectivity index (χ3n) is 4.41. The molecule has 0 aliphatic carbocycles. The average molecular weight is 398 g/mol. The maximum Gasteiger partial charge on any atom is 0.416 e. The fraction of sp³-hybridized carbons (Fsp3) is 0.412. The highest BCUT2D eigenvalue weighted by molar-refractivity contribution is 7.07. The fourth-order valence-electron chi connectivity index (χ4n) is 2.95. The van der Waals surface area contributed by atoms with Gasteiger partial charge in [-0.3, -0.25) is 9.59 Å². The SMILES string of the molecule is Cc1nnsc1C(=O)N1CCC(=O)N(Cc2ccccc2C(F)(F)F)CC1. The molecule has 10 heteroatoms. The van der Waals surface area contributed by atoms with Crippen LogP contribution in [0, 0.1) is 6.92 Å². The first-order chi connectivity index (χ1) is 12.8. The molecule has 6 nitrogen and oxygen atoms in total. The zero-order valence-electron chi connectivity index (χ0n) is 14.5. The van der Waals surface area contributed by atoms with Gasteiger partial charge in [0.1, 0.15) is 4.88 Å². The van der Waals surface area contributed by atoms with Crippen molar-refractivity contribution in [3.8, 4) is 0 Å². The maximum absolute atomic E-state index is 13.2. The molecule has 0 atom stereocenters. The van der Waals surface area contributed by atoms with Crippen LogP contribution in [-0.2, 0) is 17.5 Å². The van der Waals surface area contributed by atoms with Gasteiger partial charge in [0.05, 0.1) is 11.3 Å². The lowest BCUT2D eigenvalue weighted by Gasteiger charge is -2.23. The van der Waals surface area contributed by atoms with E-state index in [1.807, 2.05) is 0 Å². The number of rotatable bonds is 3. The molecule has 27 heavy (non-hydrogen) atoms. The summed E-state index contributed by atoms with van der Waals surface area (Å²) in [6.45, 7) is 2.17. The number of carbonyl (C=O) groups is 2. The summed E-state index contributed by atoms with van der Waals surface area (Å²) in [7, 11) is 0. The van der Waals surface area contributed by atoms with Crippen LogP contribution in [0.3, 0.4) is 0 Å². The zero-order chi connectivity index (χ0) is 19.6. The van der Waals surface area contributed by atoms with Crippen molar-refractivity contribution in [2.75, 3.05) is 19.6 Å². The Bertz CT molecular complexity index is 853. The molecule has 0 saturated carbocycles. The largest absolute Gasteiger partial charge is 0.416 e. The summed E-state index contributed by atoms with van der Waals surface area (Å²) < 4.78 is 43.3. The van der Waals surface area contributed by atoms with Gasteiger partial charge in [0.15, 0.2) is 0 Å². The Morgan fingerprint density at radius 3 is 2.63 bits per heavy atom. The number of halogens is 3. The van der Waals surface area contributed by atoms with Crippen LogP contribution in [-0.4, -0.2) is 50.8 Å². The zero-order valence-corrected chi connectivity index (χ0v) is 15.3. The molecule has 2 amide bonds. The second kappa shape index (κ2) is 7.63. The van der Waals surface area contributed by atoms with E-state index in [1.165, 1.54) is 28.0 Å². The van der Waals surface area contributed by atoms with Gasteiger partial charge < -0.3 is 9.80 Å². The minimum Gasteiger partial charge on any atom is -0.337 e. The first kappa shape index (κ1) is 19.3. The lowest BCUT2D eigenvalue weighted by molar-refractivity contribution is -0.139. The van der Waals surface area contributed by atoms with Crippen LogP contribution in [0.2, 0.25) is 0 Å². The Balaban J connectivity index is 1.74. The van der Waals surface area contributed by atoms with Crippen molar-refractivity contribution in [1.82, 2.24) is 19.4 Å². The third kappa shape index (κ3) is 4.26. The molecule has 1 aliphatic rings. The Kier molecular flexibility index (Phi) is 5.45. The van der Waals surface area contributed by atoms with Crippen LogP contribution >= 0.6 is 11.5 Å². The molecule has 0 radical (unpaired) electrons. The quantitative estimate of drug-likeness (QED) is 0.798. The van der Waals surface area contributed by atoms with Crippen LogP contribution in [0.1, 0.15) is 32.9 Å². The molecule has 2 heterocycles. The molecule has 144 valence electrons. The Hall–Kier alpha value is -2.49. The number of hydrogen-bond donors (Lipinski definition) is 0. The molecule has 0 bridgehead atoms. The van der Waals surface area contributed by atoms with Gasteiger partial charge in [-0.2, -0.15) is 13.2 Å². The van der Waals surface area contributed by atoms with Crippen LogP contribution in [0.5, 0.6) is 0 Å². The maximum atomic E-state index is 13.2. The van der Waals surface area contributed by atoms with Crippen molar-refractivity contribution in [3.63, 3.8) is 0 Å². The summed E-state index contributed by atoms with van der Waals surface area (Å²) in [5, 5.41) is 3.81. The smallest absolute Gasteiger partial charge is 0.337 e. The number of nitrogens with zero attached hydrogens (tertiary/aromatic N) is 4. The Morgan fingerprint density at radius 1 is 1.22 bits per heavy atom. The second-order valence-corrected chi connectivity index (χ2v) is 6.95. The number of aryl methyl sites for hydroxylation is 1. The number of carbonyl (C=O) groups excluding carboxylic acids is 2. The van der Waals surface area contributed by atoms with Gasteiger partial charge in [-0.15, -0.1) is 5.10 Å².